The fourth-order valence-corrected chi connectivity index (χ4v) is 2.17. The highest BCUT2D eigenvalue weighted by molar-refractivity contribution is 5.18. The lowest BCUT2D eigenvalue weighted by molar-refractivity contribution is 0.216. The van der Waals surface area contributed by atoms with Gasteiger partial charge in [0, 0.05) is 30.4 Å². The van der Waals surface area contributed by atoms with Gasteiger partial charge in [0.2, 0.25) is 0 Å². The second kappa shape index (κ2) is 6.66. The highest BCUT2D eigenvalue weighted by Crippen LogP contribution is 2.13. The third-order valence-corrected chi connectivity index (χ3v) is 3.73. The Labute approximate surface area is 120 Å². The van der Waals surface area contributed by atoms with Crippen LogP contribution in [0.3, 0.4) is 0 Å². The van der Waals surface area contributed by atoms with Gasteiger partial charge in [-0.3, -0.25) is 9.88 Å². The van der Waals surface area contributed by atoms with Gasteiger partial charge in [0.05, 0.1) is 12.2 Å². The first-order valence-electron chi connectivity index (χ1n) is 7.15. The van der Waals surface area contributed by atoms with Gasteiger partial charge in [-0.2, -0.15) is 0 Å². The molecule has 2 aromatic rings. The smallest absolute Gasteiger partial charge is 0.150 e. The molecular formula is C16H23N3O. The SMILES string of the molecule is CCc1cc(CN(C)[C@H](C)Cc2ncccc2C)on1. The second-order valence-electron chi connectivity index (χ2n) is 5.37. The molecule has 20 heavy (non-hydrogen) atoms. The first kappa shape index (κ1) is 14.7. The standard InChI is InChI=1S/C16H23N3O/c1-5-14-10-15(20-18-14)11-19(4)13(3)9-16-12(2)7-6-8-17-16/h6-8,10,13H,5,9,11H2,1-4H3/t13-/m1/s1. The first-order chi connectivity index (χ1) is 9.60. The number of aromatic nitrogens is 2. The van der Waals surface area contributed by atoms with E-state index in [2.05, 4.69) is 48.9 Å². The van der Waals surface area contributed by atoms with Crippen molar-refractivity contribution in [3.05, 3.63) is 47.1 Å². The number of hydrogen-bond donors (Lipinski definition) is 0. The lowest BCUT2D eigenvalue weighted by Crippen LogP contribution is -2.30. The average molecular weight is 273 g/mol. The minimum atomic E-state index is 0.402. The molecule has 1 atom stereocenters. The molecule has 0 aliphatic rings. The molecule has 0 bridgehead atoms. The van der Waals surface area contributed by atoms with E-state index < -0.39 is 0 Å². The Hall–Kier alpha value is -1.68. The van der Waals surface area contributed by atoms with Crippen LogP contribution >= 0.6 is 0 Å². The summed E-state index contributed by atoms with van der Waals surface area (Å²) in [5.41, 5.74) is 3.43. The molecule has 4 nitrogen and oxygen atoms in total. The molecule has 0 spiro atoms. The maximum Gasteiger partial charge on any atom is 0.150 e. The Bertz CT molecular complexity index is 550. The van der Waals surface area contributed by atoms with Gasteiger partial charge in [0.25, 0.3) is 0 Å². The molecule has 0 N–H and O–H groups in total. The van der Waals surface area contributed by atoms with Gasteiger partial charge in [-0.1, -0.05) is 18.1 Å². The van der Waals surface area contributed by atoms with Crippen molar-refractivity contribution in [3.8, 4) is 0 Å². The Morgan fingerprint density at radius 2 is 2.20 bits per heavy atom. The average Bonchev–Trinajstić information content (AvgIpc) is 2.89. The fraction of sp³-hybridized carbons (Fsp3) is 0.500. The molecule has 0 radical (unpaired) electrons. The largest absolute Gasteiger partial charge is 0.360 e. The highest BCUT2D eigenvalue weighted by atomic mass is 16.5. The number of rotatable bonds is 6. The lowest BCUT2D eigenvalue weighted by atomic mass is 10.1. The molecule has 0 unspecified atom stereocenters. The molecule has 108 valence electrons. The molecule has 4 heteroatoms. The molecule has 0 amide bonds. The summed E-state index contributed by atoms with van der Waals surface area (Å²) in [6.45, 7) is 7.18. The van der Waals surface area contributed by atoms with Crippen LogP contribution in [-0.2, 0) is 19.4 Å². The highest BCUT2D eigenvalue weighted by Gasteiger charge is 2.14. The van der Waals surface area contributed by atoms with Crippen LogP contribution in [0.4, 0.5) is 0 Å². The van der Waals surface area contributed by atoms with Gasteiger partial charge in [-0.15, -0.1) is 0 Å². The number of nitrogens with zero attached hydrogens (tertiary/aromatic N) is 3. The van der Waals surface area contributed by atoms with Crippen molar-refractivity contribution >= 4 is 0 Å². The summed E-state index contributed by atoms with van der Waals surface area (Å²) >= 11 is 0. The van der Waals surface area contributed by atoms with E-state index in [0.717, 1.165) is 30.8 Å². The minimum Gasteiger partial charge on any atom is -0.360 e. The summed E-state index contributed by atoms with van der Waals surface area (Å²) in [4.78, 5) is 6.73. The predicted octanol–water partition coefficient (Wildman–Crippen LogP) is 3.00. The summed E-state index contributed by atoms with van der Waals surface area (Å²) in [7, 11) is 2.11. The topological polar surface area (TPSA) is 42.2 Å². The van der Waals surface area contributed by atoms with Crippen molar-refractivity contribution in [2.24, 2.45) is 0 Å². The fourth-order valence-electron chi connectivity index (χ4n) is 2.17. The Morgan fingerprint density at radius 3 is 2.85 bits per heavy atom. The van der Waals surface area contributed by atoms with Crippen molar-refractivity contribution in [1.82, 2.24) is 15.0 Å². The minimum absolute atomic E-state index is 0.402. The van der Waals surface area contributed by atoms with E-state index in [1.54, 1.807) is 0 Å². The van der Waals surface area contributed by atoms with Crippen LogP contribution in [0.5, 0.6) is 0 Å². The van der Waals surface area contributed by atoms with Gasteiger partial charge >= 0.3 is 0 Å². The van der Waals surface area contributed by atoms with Crippen molar-refractivity contribution in [3.63, 3.8) is 0 Å². The van der Waals surface area contributed by atoms with Gasteiger partial charge in [-0.25, -0.2) is 0 Å². The Morgan fingerprint density at radius 1 is 1.40 bits per heavy atom. The van der Waals surface area contributed by atoms with Crippen molar-refractivity contribution < 1.29 is 4.52 Å². The van der Waals surface area contributed by atoms with Crippen LogP contribution in [0.1, 0.15) is 36.6 Å². The van der Waals surface area contributed by atoms with Gasteiger partial charge < -0.3 is 4.52 Å². The number of likely N-dealkylation sites (N-methyl/N-ethyl adjacent to an activating group) is 1. The molecule has 0 aliphatic heterocycles. The third kappa shape index (κ3) is 3.67. The van der Waals surface area contributed by atoms with E-state index in [4.69, 9.17) is 4.52 Å². The van der Waals surface area contributed by atoms with E-state index >= 15 is 0 Å². The predicted molar refractivity (Wildman–Crippen MR) is 79.5 cm³/mol. The number of hydrogen-bond acceptors (Lipinski definition) is 4. The zero-order chi connectivity index (χ0) is 14.5. The molecule has 0 fully saturated rings. The Balaban J connectivity index is 1.95. The third-order valence-electron chi connectivity index (χ3n) is 3.73. The van der Waals surface area contributed by atoms with Crippen LogP contribution in [0.25, 0.3) is 0 Å². The molecule has 0 saturated heterocycles. The normalized spacial score (nSPS) is 12.8. The van der Waals surface area contributed by atoms with Crippen LogP contribution in [0, 0.1) is 6.92 Å². The summed E-state index contributed by atoms with van der Waals surface area (Å²) in [5, 5.41) is 4.03. The summed E-state index contributed by atoms with van der Waals surface area (Å²) < 4.78 is 5.34. The number of pyridine rings is 1. The first-order valence-corrected chi connectivity index (χ1v) is 7.15. The Kier molecular flexibility index (Phi) is 4.90. The number of aryl methyl sites for hydroxylation is 2. The van der Waals surface area contributed by atoms with Crippen molar-refractivity contribution in [2.75, 3.05) is 7.05 Å². The zero-order valence-corrected chi connectivity index (χ0v) is 12.8. The lowest BCUT2D eigenvalue weighted by Gasteiger charge is -2.23. The monoisotopic (exact) mass is 273 g/mol. The molecular weight excluding hydrogens is 250 g/mol. The maximum absolute atomic E-state index is 5.34. The van der Waals surface area contributed by atoms with Gasteiger partial charge in [0.15, 0.2) is 5.76 Å². The van der Waals surface area contributed by atoms with Crippen LogP contribution in [0.2, 0.25) is 0 Å². The molecule has 2 aromatic heterocycles. The summed E-state index contributed by atoms with van der Waals surface area (Å²) in [5.74, 6) is 0.925. The van der Waals surface area contributed by atoms with E-state index in [1.165, 1.54) is 11.3 Å². The second-order valence-corrected chi connectivity index (χ2v) is 5.37. The quantitative estimate of drug-likeness (QED) is 0.811. The molecule has 2 heterocycles. The van der Waals surface area contributed by atoms with Crippen LogP contribution in [-0.4, -0.2) is 28.1 Å². The molecule has 0 aliphatic carbocycles. The molecule has 0 saturated carbocycles. The van der Waals surface area contributed by atoms with E-state index in [-0.39, 0.29) is 0 Å². The summed E-state index contributed by atoms with van der Waals surface area (Å²) in [6, 6.07) is 6.53. The van der Waals surface area contributed by atoms with Crippen molar-refractivity contribution in [1.29, 1.82) is 0 Å². The van der Waals surface area contributed by atoms with Crippen LogP contribution < -0.4 is 0 Å². The molecule has 2 rings (SSSR count). The zero-order valence-electron chi connectivity index (χ0n) is 12.8. The van der Waals surface area contributed by atoms with Gasteiger partial charge in [-0.05, 0) is 38.9 Å². The van der Waals surface area contributed by atoms with E-state index in [9.17, 15) is 0 Å². The maximum atomic E-state index is 5.34. The summed E-state index contributed by atoms with van der Waals surface area (Å²) in [6.07, 6.45) is 3.72. The van der Waals surface area contributed by atoms with E-state index in [1.807, 2.05) is 18.3 Å². The van der Waals surface area contributed by atoms with Gasteiger partial charge in [0.1, 0.15) is 0 Å². The van der Waals surface area contributed by atoms with Crippen molar-refractivity contribution in [2.45, 2.75) is 46.2 Å². The van der Waals surface area contributed by atoms with E-state index in [0.29, 0.717) is 6.04 Å². The van der Waals surface area contributed by atoms with Crippen LogP contribution in [0.15, 0.2) is 28.9 Å². The molecule has 0 aromatic carbocycles.